The molecule has 1 aliphatic rings. The van der Waals surface area contributed by atoms with Crippen molar-refractivity contribution in [2.75, 3.05) is 32.8 Å². The number of benzene rings is 1. The summed E-state index contributed by atoms with van der Waals surface area (Å²) in [6.45, 7) is 7.26. The number of pyridine rings is 1. The molecule has 1 unspecified atom stereocenters. The zero-order valence-electron chi connectivity index (χ0n) is 16.0. The van der Waals surface area contributed by atoms with Gasteiger partial charge in [-0.1, -0.05) is 13.0 Å². The van der Waals surface area contributed by atoms with Gasteiger partial charge in [-0.3, -0.25) is 9.78 Å². The van der Waals surface area contributed by atoms with Crippen molar-refractivity contribution in [1.82, 2.24) is 15.2 Å². The minimum atomic E-state index is -0.0356. The molecule has 2 heterocycles. The SMILES string of the molecule is CCCOc1ccc(C(=O)N2CCNCC2c2cccnc2)cc1OCC. The summed E-state index contributed by atoms with van der Waals surface area (Å²) in [6, 6.07) is 9.32. The predicted octanol–water partition coefficient (Wildman–Crippen LogP) is 3.06. The van der Waals surface area contributed by atoms with Crippen LogP contribution in [0.15, 0.2) is 42.7 Å². The molecule has 27 heavy (non-hydrogen) atoms. The Bertz CT molecular complexity index is 752. The van der Waals surface area contributed by atoms with Crippen LogP contribution in [0.3, 0.4) is 0 Å². The largest absolute Gasteiger partial charge is 0.490 e. The normalized spacial score (nSPS) is 16.8. The molecule has 1 aliphatic heterocycles. The number of hydrogen-bond donors (Lipinski definition) is 1. The van der Waals surface area contributed by atoms with Crippen LogP contribution >= 0.6 is 0 Å². The molecule has 6 heteroatoms. The van der Waals surface area contributed by atoms with Gasteiger partial charge in [0.1, 0.15) is 0 Å². The second-order valence-corrected chi connectivity index (χ2v) is 6.45. The molecular weight excluding hydrogens is 342 g/mol. The first-order valence-electron chi connectivity index (χ1n) is 9.55. The Kier molecular flexibility index (Phi) is 6.65. The second-order valence-electron chi connectivity index (χ2n) is 6.45. The summed E-state index contributed by atoms with van der Waals surface area (Å²) < 4.78 is 11.4. The lowest BCUT2D eigenvalue weighted by atomic mass is 10.0. The molecule has 0 bridgehead atoms. The van der Waals surface area contributed by atoms with Crippen molar-refractivity contribution in [3.8, 4) is 11.5 Å². The molecule has 1 atom stereocenters. The topological polar surface area (TPSA) is 63.7 Å². The number of amides is 1. The molecule has 1 amide bonds. The Balaban J connectivity index is 1.85. The Morgan fingerprint density at radius 3 is 2.89 bits per heavy atom. The van der Waals surface area contributed by atoms with Gasteiger partial charge in [0.2, 0.25) is 0 Å². The molecule has 0 saturated carbocycles. The van der Waals surface area contributed by atoms with Gasteiger partial charge in [-0.2, -0.15) is 0 Å². The van der Waals surface area contributed by atoms with Gasteiger partial charge in [0, 0.05) is 37.6 Å². The van der Waals surface area contributed by atoms with Gasteiger partial charge < -0.3 is 19.7 Å². The fourth-order valence-electron chi connectivity index (χ4n) is 3.22. The van der Waals surface area contributed by atoms with Gasteiger partial charge in [0.05, 0.1) is 19.3 Å². The number of carbonyl (C=O) groups excluding carboxylic acids is 1. The van der Waals surface area contributed by atoms with Crippen LogP contribution in [0, 0.1) is 0 Å². The number of piperazine rings is 1. The van der Waals surface area contributed by atoms with Crippen LogP contribution in [0.1, 0.15) is 42.2 Å². The van der Waals surface area contributed by atoms with Crippen molar-refractivity contribution in [3.05, 3.63) is 53.9 Å². The number of rotatable bonds is 7. The Hall–Kier alpha value is -2.60. The Morgan fingerprint density at radius 1 is 1.26 bits per heavy atom. The summed E-state index contributed by atoms with van der Waals surface area (Å²) in [4.78, 5) is 19.4. The van der Waals surface area contributed by atoms with E-state index in [4.69, 9.17) is 9.47 Å². The number of hydrogen-bond acceptors (Lipinski definition) is 5. The highest BCUT2D eigenvalue weighted by Crippen LogP contribution is 2.31. The summed E-state index contributed by atoms with van der Waals surface area (Å²) in [7, 11) is 0. The third kappa shape index (κ3) is 4.57. The van der Waals surface area contributed by atoms with Gasteiger partial charge >= 0.3 is 0 Å². The van der Waals surface area contributed by atoms with Crippen LogP contribution in [-0.2, 0) is 0 Å². The molecule has 2 aromatic rings. The maximum atomic E-state index is 13.2. The van der Waals surface area contributed by atoms with E-state index in [1.165, 1.54) is 0 Å². The molecule has 1 saturated heterocycles. The first-order valence-corrected chi connectivity index (χ1v) is 9.55. The number of ether oxygens (including phenoxy) is 2. The summed E-state index contributed by atoms with van der Waals surface area (Å²) in [5, 5.41) is 3.37. The minimum absolute atomic E-state index is 0.00616. The fourth-order valence-corrected chi connectivity index (χ4v) is 3.22. The van der Waals surface area contributed by atoms with Crippen LogP contribution in [0.25, 0.3) is 0 Å². The van der Waals surface area contributed by atoms with Crippen LogP contribution < -0.4 is 14.8 Å². The maximum absolute atomic E-state index is 13.2. The van der Waals surface area contributed by atoms with Crippen LogP contribution in [0.5, 0.6) is 11.5 Å². The molecule has 1 N–H and O–H groups in total. The molecule has 1 aromatic carbocycles. The highest BCUT2D eigenvalue weighted by atomic mass is 16.5. The first kappa shape index (κ1) is 19.2. The third-order valence-electron chi connectivity index (χ3n) is 4.53. The molecule has 1 fully saturated rings. The van der Waals surface area contributed by atoms with E-state index in [9.17, 15) is 4.79 Å². The quantitative estimate of drug-likeness (QED) is 0.813. The zero-order valence-corrected chi connectivity index (χ0v) is 16.0. The summed E-state index contributed by atoms with van der Waals surface area (Å²) >= 11 is 0. The van der Waals surface area contributed by atoms with E-state index in [0.717, 1.165) is 18.5 Å². The molecule has 0 aliphatic carbocycles. The van der Waals surface area contributed by atoms with Crippen molar-refractivity contribution >= 4 is 5.91 Å². The number of nitrogens with zero attached hydrogens (tertiary/aromatic N) is 2. The monoisotopic (exact) mass is 369 g/mol. The van der Waals surface area contributed by atoms with Crippen LogP contribution in [0.2, 0.25) is 0 Å². The standard InChI is InChI=1S/C21H27N3O3/c1-3-12-27-19-8-7-16(13-20(19)26-4-2)21(25)24-11-10-23-15-18(24)17-6-5-9-22-14-17/h5-9,13-14,18,23H,3-4,10-12,15H2,1-2H3. The Labute approximate surface area is 160 Å². The molecule has 6 nitrogen and oxygen atoms in total. The lowest BCUT2D eigenvalue weighted by molar-refractivity contribution is 0.0633. The molecule has 144 valence electrons. The van der Waals surface area contributed by atoms with Crippen molar-refractivity contribution in [2.45, 2.75) is 26.3 Å². The predicted molar refractivity (Wildman–Crippen MR) is 104 cm³/mol. The second kappa shape index (κ2) is 9.37. The van der Waals surface area contributed by atoms with Gasteiger partial charge in [-0.25, -0.2) is 0 Å². The van der Waals surface area contributed by atoms with E-state index in [1.807, 2.05) is 42.3 Å². The van der Waals surface area contributed by atoms with E-state index in [2.05, 4.69) is 17.2 Å². The summed E-state index contributed by atoms with van der Waals surface area (Å²) in [5.74, 6) is 1.29. The molecule has 3 rings (SSSR count). The summed E-state index contributed by atoms with van der Waals surface area (Å²) in [5.41, 5.74) is 1.64. The average molecular weight is 369 g/mol. The van der Waals surface area contributed by atoms with Gasteiger partial charge in [0.25, 0.3) is 5.91 Å². The van der Waals surface area contributed by atoms with E-state index >= 15 is 0 Å². The van der Waals surface area contributed by atoms with Gasteiger partial charge in [0.15, 0.2) is 11.5 Å². The zero-order chi connectivity index (χ0) is 19.1. The third-order valence-corrected chi connectivity index (χ3v) is 4.53. The molecule has 0 radical (unpaired) electrons. The lowest BCUT2D eigenvalue weighted by Gasteiger charge is -2.36. The molecular formula is C21H27N3O3. The average Bonchev–Trinajstić information content (AvgIpc) is 2.73. The van der Waals surface area contributed by atoms with Crippen LogP contribution in [0.4, 0.5) is 0 Å². The molecule has 1 aromatic heterocycles. The number of carbonyl (C=O) groups is 1. The summed E-state index contributed by atoms with van der Waals surface area (Å²) in [6.07, 6.45) is 4.49. The molecule has 0 spiro atoms. The van der Waals surface area contributed by atoms with E-state index in [-0.39, 0.29) is 11.9 Å². The van der Waals surface area contributed by atoms with Crippen molar-refractivity contribution in [1.29, 1.82) is 0 Å². The van der Waals surface area contributed by atoms with Crippen LogP contribution in [-0.4, -0.2) is 48.6 Å². The van der Waals surface area contributed by atoms with Gasteiger partial charge in [-0.15, -0.1) is 0 Å². The highest BCUT2D eigenvalue weighted by Gasteiger charge is 2.29. The van der Waals surface area contributed by atoms with E-state index in [0.29, 0.717) is 43.4 Å². The van der Waals surface area contributed by atoms with Crippen molar-refractivity contribution in [2.24, 2.45) is 0 Å². The fraction of sp³-hybridized carbons (Fsp3) is 0.429. The Morgan fingerprint density at radius 2 is 2.15 bits per heavy atom. The smallest absolute Gasteiger partial charge is 0.254 e. The van der Waals surface area contributed by atoms with E-state index < -0.39 is 0 Å². The maximum Gasteiger partial charge on any atom is 0.254 e. The first-order chi connectivity index (χ1) is 13.2. The van der Waals surface area contributed by atoms with Crippen molar-refractivity contribution < 1.29 is 14.3 Å². The number of nitrogens with one attached hydrogen (secondary N) is 1. The van der Waals surface area contributed by atoms with Gasteiger partial charge in [-0.05, 0) is 43.2 Å². The number of aromatic nitrogens is 1. The minimum Gasteiger partial charge on any atom is -0.490 e. The van der Waals surface area contributed by atoms with Crippen molar-refractivity contribution in [3.63, 3.8) is 0 Å². The lowest BCUT2D eigenvalue weighted by Crippen LogP contribution is -2.48. The highest BCUT2D eigenvalue weighted by molar-refractivity contribution is 5.95. The van der Waals surface area contributed by atoms with E-state index in [1.54, 1.807) is 12.3 Å².